The van der Waals surface area contributed by atoms with E-state index in [1.54, 1.807) is 18.2 Å². The number of rotatable bonds is 6. The molecule has 7 nitrogen and oxygen atoms in total. The Morgan fingerprint density at radius 2 is 1.93 bits per heavy atom. The van der Waals surface area contributed by atoms with Gasteiger partial charge in [0.25, 0.3) is 0 Å². The highest BCUT2D eigenvalue weighted by molar-refractivity contribution is 5.92. The van der Waals surface area contributed by atoms with E-state index >= 15 is 0 Å². The summed E-state index contributed by atoms with van der Waals surface area (Å²) < 4.78 is 25.9. The summed E-state index contributed by atoms with van der Waals surface area (Å²) in [5, 5.41) is 3.43. The van der Waals surface area contributed by atoms with Crippen molar-refractivity contribution >= 4 is 28.1 Å². The lowest BCUT2D eigenvalue weighted by molar-refractivity contribution is 0.0322. The molecule has 1 aliphatic heterocycles. The van der Waals surface area contributed by atoms with E-state index in [0.29, 0.717) is 34.8 Å². The molecule has 1 saturated heterocycles. The minimum atomic E-state index is -0.433. The second-order valence-electron chi connectivity index (χ2n) is 6.57. The number of nitrogen functional groups attached to an aromatic ring is 1. The molecule has 3 N–H and O–H groups in total. The van der Waals surface area contributed by atoms with Crippen molar-refractivity contribution in [2.45, 2.75) is 0 Å². The first-order valence-electron chi connectivity index (χ1n) is 9.19. The number of aromatic nitrogens is 2. The molecule has 4 rings (SSSR count). The van der Waals surface area contributed by atoms with Crippen molar-refractivity contribution in [1.29, 1.82) is 0 Å². The van der Waals surface area contributed by atoms with Crippen LogP contribution in [0.15, 0.2) is 42.7 Å². The van der Waals surface area contributed by atoms with E-state index in [9.17, 15) is 4.39 Å². The summed E-state index contributed by atoms with van der Waals surface area (Å²) in [6.07, 6.45) is 1.40. The smallest absolute Gasteiger partial charge is 0.144 e. The molecule has 3 aromatic rings. The van der Waals surface area contributed by atoms with E-state index in [-0.39, 0.29) is 0 Å². The molecule has 0 radical (unpaired) electrons. The number of anilines is 3. The summed E-state index contributed by atoms with van der Waals surface area (Å²) in [6.45, 7) is 4.52. The third-order valence-electron chi connectivity index (χ3n) is 4.62. The van der Waals surface area contributed by atoms with Crippen molar-refractivity contribution in [1.82, 2.24) is 14.9 Å². The van der Waals surface area contributed by atoms with Crippen LogP contribution in [-0.2, 0) is 4.74 Å². The predicted molar refractivity (Wildman–Crippen MR) is 106 cm³/mol. The number of morpholine rings is 1. The Morgan fingerprint density at radius 3 is 2.71 bits per heavy atom. The van der Waals surface area contributed by atoms with Gasteiger partial charge in [-0.25, -0.2) is 14.4 Å². The van der Waals surface area contributed by atoms with Gasteiger partial charge in [0.1, 0.15) is 30.3 Å². The lowest BCUT2D eigenvalue weighted by atomic mass is 10.2. The van der Waals surface area contributed by atoms with Crippen LogP contribution in [0.5, 0.6) is 5.75 Å². The molecule has 1 aromatic heterocycles. The van der Waals surface area contributed by atoms with Crippen molar-refractivity contribution in [2.24, 2.45) is 0 Å². The standard InChI is InChI=1S/C20H22FN5O2/c21-17-11-16(28-10-7-26-5-8-27-9-6-26)12-18-19(17)20(24-13-23-18)25-15-3-1-14(22)2-4-15/h1-4,11-13H,5-10,22H2,(H,23,24,25). The van der Waals surface area contributed by atoms with E-state index in [2.05, 4.69) is 20.2 Å². The van der Waals surface area contributed by atoms with Gasteiger partial charge in [-0.05, 0) is 24.3 Å². The van der Waals surface area contributed by atoms with E-state index in [4.69, 9.17) is 15.2 Å². The lowest BCUT2D eigenvalue weighted by Crippen LogP contribution is -2.38. The number of hydrogen-bond donors (Lipinski definition) is 2. The Bertz CT molecular complexity index is 945. The van der Waals surface area contributed by atoms with Gasteiger partial charge >= 0.3 is 0 Å². The van der Waals surface area contributed by atoms with Crippen LogP contribution in [0.1, 0.15) is 0 Å². The SMILES string of the molecule is Nc1ccc(Nc2ncnc3cc(OCCN4CCOCC4)cc(F)c23)cc1. The van der Waals surface area contributed by atoms with Crippen molar-refractivity contribution in [3.8, 4) is 5.75 Å². The van der Waals surface area contributed by atoms with Crippen molar-refractivity contribution in [2.75, 3.05) is 50.5 Å². The molecule has 0 saturated carbocycles. The molecular formula is C20H22FN5O2. The van der Waals surface area contributed by atoms with Crippen LogP contribution in [0.25, 0.3) is 10.9 Å². The third kappa shape index (κ3) is 4.29. The summed E-state index contributed by atoms with van der Waals surface area (Å²) in [7, 11) is 0. The fourth-order valence-corrected chi connectivity index (χ4v) is 3.12. The van der Waals surface area contributed by atoms with Gasteiger partial charge in [-0.1, -0.05) is 0 Å². The zero-order valence-corrected chi connectivity index (χ0v) is 15.4. The third-order valence-corrected chi connectivity index (χ3v) is 4.62. The maximum absolute atomic E-state index is 14.8. The van der Waals surface area contributed by atoms with Crippen LogP contribution in [0.3, 0.4) is 0 Å². The number of nitrogens with zero attached hydrogens (tertiary/aromatic N) is 3. The highest BCUT2D eigenvalue weighted by Gasteiger charge is 2.13. The Balaban J connectivity index is 1.49. The van der Waals surface area contributed by atoms with Gasteiger partial charge in [0, 0.05) is 43.1 Å². The number of hydrogen-bond acceptors (Lipinski definition) is 7. The topological polar surface area (TPSA) is 85.5 Å². The van der Waals surface area contributed by atoms with E-state index in [0.717, 1.165) is 38.5 Å². The van der Waals surface area contributed by atoms with Gasteiger partial charge in [-0.3, -0.25) is 4.90 Å². The monoisotopic (exact) mass is 383 g/mol. The molecule has 2 aromatic carbocycles. The van der Waals surface area contributed by atoms with Gasteiger partial charge in [0.2, 0.25) is 0 Å². The van der Waals surface area contributed by atoms with E-state index in [1.807, 2.05) is 12.1 Å². The Labute approximate surface area is 162 Å². The van der Waals surface area contributed by atoms with Crippen LogP contribution in [0.2, 0.25) is 0 Å². The number of halogens is 1. The highest BCUT2D eigenvalue weighted by Crippen LogP contribution is 2.29. The fourth-order valence-electron chi connectivity index (χ4n) is 3.12. The van der Waals surface area contributed by atoms with Crippen LogP contribution in [0, 0.1) is 5.82 Å². The molecule has 0 atom stereocenters. The second-order valence-corrected chi connectivity index (χ2v) is 6.57. The molecule has 1 aliphatic rings. The van der Waals surface area contributed by atoms with Gasteiger partial charge in [0.05, 0.1) is 24.1 Å². The predicted octanol–water partition coefficient (Wildman–Crippen LogP) is 2.81. The number of nitrogens with one attached hydrogen (secondary N) is 1. The molecule has 0 unspecified atom stereocenters. The van der Waals surface area contributed by atoms with Crippen molar-refractivity contribution in [3.05, 3.63) is 48.5 Å². The highest BCUT2D eigenvalue weighted by atomic mass is 19.1. The molecule has 28 heavy (non-hydrogen) atoms. The quantitative estimate of drug-likeness (QED) is 0.633. The van der Waals surface area contributed by atoms with Gasteiger partial charge in [-0.15, -0.1) is 0 Å². The van der Waals surface area contributed by atoms with Crippen LogP contribution < -0.4 is 15.8 Å². The van der Waals surface area contributed by atoms with E-state index in [1.165, 1.54) is 12.4 Å². The summed E-state index contributed by atoms with van der Waals surface area (Å²) in [6, 6.07) is 10.3. The zero-order chi connectivity index (χ0) is 19.3. The maximum atomic E-state index is 14.8. The first kappa shape index (κ1) is 18.4. The minimum absolute atomic E-state index is 0.319. The average Bonchev–Trinajstić information content (AvgIpc) is 2.70. The van der Waals surface area contributed by atoms with Crippen LogP contribution in [-0.4, -0.2) is 54.3 Å². The average molecular weight is 383 g/mol. The lowest BCUT2D eigenvalue weighted by Gasteiger charge is -2.26. The number of nitrogens with two attached hydrogens (primary N) is 1. The number of fused-ring (bicyclic) bond motifs is 1. The van der Waals surface area contributed by atoms with Crippen molar-refractivity contribution < 1.29 is 13.9 Å². The molecular weight excluding hydrogens is 361 g/mol. The van der Waals surface area contributed by atoms with Crippen LogP contribution in [0.4, 0.5) is 21.6 Å². The molecule has 0 spiro atoms. The van der Waals surface area contributed by atoms with E-state index < -0.39 is 5.82 Å². The minimum Gasteiger partial charge on any atom is -0.492 e. The molecule has 0 bridgehead atoms. The van der Waals surface area contributed by atoms with Crippen molar-refractivity contribution in [3.63, 3.8) is 0 Å². The maximum Gasteiger partial charge on any atom is 0.144 e. The largest absolute Gasteiger partial charge is 0.492 e. The molecule has 0 aliphatic carbocycles. The molecule has 8 heteroatoms. The van der Waals surface area contributed by atoms with Crippen LogP contribution >= 0.6 is 0 Å². The second kappa shape index (κ2) is 8.37. The van der Waals surface area contributed by atoms with Gasteiger partial charge in [0.15, 0.2) is 0 Å². The summed E-state index contributed by atoms with van der Waals surface area (Å²) in [5.74, 6) is 0.417. The first-order valence-corrected chi connectivity index (χ1v) is 9.19. The molecule has 1 fully saturated rings. The molecule has 2 heterocycles. The normalized spacial score (nSPS) is 14.9. The summed E-state index contributed by atoms with van der Waals surface area (Å²) in [5.41, 5.74) is 7.60. The Kier molecular flexibility index (Phi) is 5.50. The molecule has 146 valence electrons. The van der Waals surface area contributed by atoms with Gasteiger partial charge in [-0.2, -0.15) is 0 Å². The first-order chi connectivity index (χ1) is 13.7. The van der Waals surface area contributed by atoms with Gasteiger partial charge < -0.3 is 20.5 Å². The fraction of sp³-hybridized carbons (Fsp3) is 0.300. The Hall–Kier alpha value is -2.97. The summed E-state index contributed by atoms with van der Waals surface area (Å²) >= 11 is 0. The molecule has 0 amide bonds. The number of ether oxygens (including phenoxy) is 2. The number of benzene rings is 2. The Morgan fingerprint density at radius 1 is 1.14 bits per heavy atom. The summed E-state index contributed by atoms with van der Waals surface area (Å²) in [4.78, 5) is 10.6. The zero-order valence-electron chi connectivity index (χ0n) is 15.4.